The van der Waals surface area contributed by atoms with Gasteiger partial charge in [-0.05, 0) is 30.0 Å². The number of aryl methyl sites for hydroxylation is 1. The van der Waals surface area contributed by atoms with Gasteiger partial charge in [0.25, 0.3) is 0 Å². The summed E-state index contributed by atoms with van der Waals surface area (Å²) in [6.45, 7) is 2.29. The molecule has 0 unspecified atom stereocenters. The number of rotatable bonds is 7. The molecule has 0 amide bonds. The average molecular weight is 369 g/mol. The van der Waals surface area contributed by atoms with E-state index in [-0.39, 0.29) is 22.9 Å². The number of benzene rings is 1. The van der Waals surface area contributed by atoms with Crippen molar-refractivity contribution in [2.24, 2.45) is 0 Å². The third kappa shape index (κ3) is 3.95. The summed E-state index contributed by atoms with van der Waals surface area (Å²) in [6.07, 6.45) is 0. The lowest BCUT2D eigenvalue weighted by atomic mass is 10.2. The molecule has 24 heavy (non-hydrogen) atoms. The molecule has 1 aromatic carbocycles. The summed E-state index contributed by atoms with van der Waals surface area (Å²) in [4.78, 5) is 11.7. The van der Waals surface area contributed by atoms with Crippen LogP contribution in [0.3, 0.4) is 0 Å². The first-order valence-electron chi connectivity index (χ1n) is 7.18. The molecule has 0 bridgehead atoms. The van der Waals surface area contributed by atoms with Crippen molar-refractivity contribution < 1.29 is 22.7 Å². The number of hydrogen-bond acceptors (Lipinski definition) is 6. The largest absolute Gasteiger partial charge is 0.492 e. The van der Waals surface area contributed by atoms with Crippen molar-refractivity contribution in [2.45, 2.75) is 11.8 Å². The van der Waals surface area contributed by atoms with Crippen LogP contribution in [0.1, 0.15) is 15.2 Å². The minimum absolute atomic E-state index is 0.0438. The van der Waals surface area contributed by atoms with Gasteiger partial charge in [-0.15, -0.1) is 11.3 Å². The normalized spacial score (nSPS) is 11.5. The maximum Gasteiger partial charge on any atom is 0.349 e. The first kappa shape index (κ1) is 18.4. The minimum atomic E-state index is -3.78. The minimum Gasteiger partial charge on any atom is -0.492 e. The van der Waals surface area contributed by atoms with Crippen LogP contribution < -0.4 is 4.74 Å². The van der Waals surface area contributed by atoms with Crippen molar-refractivity contribution in [1.82, 2.24) is 4.31 Å². The highest BCUT2D eigenvalue weighted by atomic mass is 32.2. The summed E-state index contributed by atoms with van der Waals surface area (Å²) in [6, 6.07) is 8.92. The first-order chi connectivity index (χ1) is 11.4. The Morgan fingerprint density at radius 2 is 1.96 bits per heavy atom. The Hall–Kier alpha value is -1.90. The van der Waals surface area contributed by atoms with Gasteiger partial charge in [0.1, 0.15) is 22.1 Å². The molecule has 130 valence electrons. The molecule has 0 N–H and O–H groups in total. The third-order valence-corrected chi connectivity index (χ3v) is 6.37. The third-order valence-electron chi connectivity index (χ3n) is 3.45. The number of thiophene rings is 1. The Bertz CT molecular complexity index is 813. The Kier molecular flexibility index (Phi) is 5.98. The molecule has 0 atom stereocenters. The lowest BCUT2D eigenvalue weighted by molar-refractivity contribution is 0.0602. The van der Waals surface area contributed by atoms with E-state index in [1.54, 1.807) is 5.38 Å². The number of likely N-dealkylation sites (N-methyl/N-ethyl adjacent to an activating group) is 1. The second-order valence-corrected chi connectivity index (χ2v) is 7.98. The number of esters is 1. The molecular formula is C16H19NO5S2. The highest BCUT2D eigenvalue weighted by Crippen LogP contribution is 2.25. The molecule has 0 spiro atoms. The number of methoxy groups -OCH3 is 1. The highest BCUT2D eigenvalue weighted by Gasteiger charge is 2.28. The molecule has 1 aromatic heterocycles. The maximum atomic E-state index is 12.6. The summed E-state index contributed by atoms with van der Waals surface area (Å²) >= 11 is 1.04. The van der Waals surface area contributed by atoms with E-state index in [0.717, 1.165) is 16.9 Å². The monoisotopic (exact) mass is 369 g/mol. The maximum absolute atomic E-state index is 12.6. The van der Waals surface area contributed by atoms with E-state index in [0.29, 0.717) is 5.75 Å². The number of ether oxygens (including phenoxy) is 2. The molecule has 0 saturated heterocycles. The first-order valence-corrected chi connectivity index (χ1v) is 9.50. The summed E-state index contributed by atoms with van der Waals surface area (Å²) in [5.74, 6) is 0.0576. The number of hydrogen-bond donors (Lipinski definition) is 0. The van der Waals surface area contributed by atoms with Gasteiger partial charge in [0.05, 0.1) is 7.11 Å². The lowest BCUT2D eigenvalue weighted by Gasteiger charge is -2.18. The van der Waals surface area contributed by atoms with Crippen molar-refractivity contribution in [1.29, 1.82) is 0 Å². The smallest absolute Gasteiger partial charge is 0.349 e. The van der Waals surface area contributed by atoms with Gasteiger partial charge < -0.3 is 9.47 Å². The van der Waals surface area contributed by atoms with Gasteiger partial charge >= 0.3 is 5.97 Å². The number of nitrogens with zero attached hydrogens (tertiary/aromatic N) is 1. The molecule has 2 rings (SSSR count). The van der Waals surface area contributed by atoms with Crippen LogP contribution in [0.25, 0.3) is 0 Å². The van der Waals surface area contributed by atoms with Crippen LogP contribution in [0.2, 0.25) is 0 Å². The highest BCUT2D eigenvalue weighted by molar-refractivity contribution is 7.89. The molecule has 1 heterocycles. The molecule has 0 aliphatic carbocycles. The van der Waals surface area contributed by atoms with E-state index < -0.39 is 16.0 Å². The average Bonchev–Trinajstić information content (AvgIpc) is 3.06. The van der Waals surface area contributed by atoms with E-state index in [9.17, 15) is 13.2 Å². The van der Waals surface area contributed by atoms with Crippen LogP contribution in [-0.2, 0) is 14.8 Å². The van der Waals surface area contributed by atoms with Crippen molar-refractivity contribution >= 4 is 27.3 Å². The fraction of sp³-hybridized carbons (Fsp3) is 0.312. The van der Waals surface area contributed by atoms with Gasteiger partial charge in [-0.2, -0.15) is 4.31 Å². The van der Waals surface area contributed by atoms with E-state index >= 15 is 0 Å². The van der Waals surface area contributed by atoms with Gasteiger partial charge in [-0.1, -0.05) is 18.2 Å². The SMILES string of the molecule is COC(=O)c1sccc1S(=O)(=O)N(C)CCOc1ccccc1C. The fourth-order valence-corrected chi connectivity index (χ4v) is 4.49. The Balaban J connectivity index is 2.06. The second kappa shape index (κ2) is 7.78. The standard InChI is InChI=1S/C16H19NO5S2/c1-12-6-4-5-7-13(12)22-10-9-17(2)24(19,20)14-8-11-23-15(14)16(18)21-3/h4-8,11H,9-10H2,1-3H3. The van der Waals surface area contributed by atoms with Gasteiger partial charge in [-0.25, -0.2) is 13.2 Å². The van der Waals surface area contributed by atoms with Crippen molar-refractivity contribution in [3.8, 4) is 5.75 Å². The topological polar surface area (TPSA) is 72.9 Å². The molecule has 0 saturated carbocycles. The molecule has 0 aliphatic heterocycles. The molecule has 0 aliphatic rings. The Morgan fingerprint density at radius 1 is 1.25 bits per heavy atom. The van der Waals surface area contributed by atoms with E-state index in [4.69, 9.17) is 4.74 Å². The molecule has 2 aromatic rings. The van der Waals surface area contributed by atoms with Crippen LogP contribution in [0.5, 0.6) is 5.75 Å². The Labute approximate surface area is 145 Å². The second-order valence-electron chi connectivity index (χ2n) is 5.05. The van der Waals surface area contributed by atoms with Crippen LogP contribution in [0.15, 0.2) is 40.6 Å². The zero-order valence-electron chi connectivity index (χ0n) is 13.7. The summed E-state index contributed by atoms with van der Waals surface area (Å²) in [5.41, 5.74) is 0.980. The predicted octanol–water partition coefficient (Wildman–Crippen LogP) is 2.54. The molecule has 8 heteroatoms. The number of sulfonamides is 1. The van der Waals surface area contributed by atoms with Crippen LogP contribution in [0.4, 0.5) is 0 Å². The van der Waals surface area contributed by atoms with Crippen LogP contribution in [-0.4, -0.2) is 46.0 Å². The van der Waals surface area contributed by atoms with Crippen LogP contribution >= 0.6 is 11.3 Å². The van der Waals surface area contributed by atoms with Crippen molar-refractivity contribution in [3.05, 3.63) is 46.2 Å². The van der Waals surface area contributed by atoms with E-state index in [2.05, 4.69) is 4.74 Å². The summed E-state index contributed by atoms with van der Waals surface area (Å²) < 4.78 is 36.6. The predicted molar refractivity (Wildman–Crippen MR) is 92.1 cm³/mol. The summed E-state index contributed by atoms with van der Waals surface area (Å²) in [5, 5.41) is 1.55. The summed E-state index contributed by atoms with van der Waals surface area (Å²) in [7, 11) is -1.11. The van der Waals surface area contributed by atoms with Crippen molar-refractivity contribution in [3.63, 3.8) is 0 Å². The van der Waals surface area contributed by atoms with Gasteiger partial charge in [0, 0.05) is 13.6 Å². The quantitative estimate of drug-likeness (QED) is 0.701. The van der Waals surface area contributed by atoms with Gasteiger partial charge in [0.15, 0.2) is 0 Å². The number of carbonyl (C=O) groups is 1. The van der Waals surface area contributed by atoms with E-state index in [1.165, 1.54) is 24.5 Å². The number of para-hydroxylation sites is 1. The Morgan fingerprint density at radius 3 is 2.62 bits per heavy atom. The molecular weight excluding hydrogens is 350 g/mol. The molecule has 0 radical (unpaired) electrons. The van der Waals surface area contributed by atoms with E-state index in [1.807, 2.05) is 31.2 Å². The number of carbonyl (C=O) groups excluding carboxylic acids is 1. The molecule has 6 nitrogen and oxygen atoms in total. The fourth-order valence-electron chi connectivity index (χ4n) is 2.03. The lowest BCUT2D eigenvalue weighted by Crippen LogP contribution is -2.31. The zero-order chi connectivity index (χ0) is 17.7. The van der Waals surface area contributed by atoms with Gasteiger partial charge in [0.2, 0.25) is 10.0 Å². The zero-order valence-corrected chi connectivity index (χ0v) is 15.3. The van der Waals surface area contributed by atoms with Crippen LogP contribution in [0, 0.1) is 6.92 Å². The molecule has 0 fully saturated rings. The van der Waals surface area contributed by atoms with Crippen molar-refractivity contribution in [2.75, 3.05) is 27.3 Å². The van der Waals surface area contributed by atoms with Gasteiger partial charge in [-0.3, -0.25) is 0 Å².